The first kappa shape index (κ1) is 33.7. The van der Waals surface area contributed by atoms with Gasteiger partial charge in [-0.25, -0.2) is 17.6 Å². The van der Waals surface area contributed by atoms with E-state index in [0.717, 1.165) is 6.26 Å². The number of rotatable bonds is 10. The van der Waals surface area contributed by atoms with E-state index < -0.39 is 32.8 Å². The summed E-state index contributed by atoms with van der Waals surface area (Å²) in [5, 5.41) is 13.8. The summed E-state index contributed by atoms with van der Waals surface area (Å²) in [5.74, 6) is 0.726. The number of nitrogens with one attached hydrogen (secondary N) is 2. The zero-order valence-corrected chi connectivity index (χ0v) is 26.9. The number of carbonyl (C=O) groups is 2. The van der Waals surface area contributed by atoms with Crippen LogP contribution in [0.25, 0.3) is 0 Å². The Kier molecular flexibility index (Phi) is 10.1. The van der Waals surface area contributed by atoms with Gasteiger partial charge in [0, 0.05) is 37.0 Å². The number of ether oxygens (including phenoxy) is 2. The highest BCUT2D eigenvalue weighted by Gasteiger charge is 2.34. The van der Waals surface area contributed by atoms with E-state index in [0.29, 0.717) is 72.5 Å². The Morgan fingerprint density at radius 2 is 1.44 bits per heavy atom. The molecular weight excluding hydrogens is 601 g/mol. The van der Waals surface area contributed by atoms with Gasteiger partial charge in [0.15, 0.2) is 0 Å². The molecule has 0 aliphatic carbocycles. The molecule has 3 aromatic rings. The van der Waals surface area contributed by atoms with E-state index >= 15 is 0 Å². The zero-order valence-electron chi connectivity index (χ0n) is 26.1. The lowest BCUT2D eigenvalue weighted by Crippen LogP contribution is -2.48. The normalized spacial score (nSPS) is 15.0. The standard InChI is InChI=1S/C33H40FN3O7S/c1-22(2)21-33(40)14-16-37(17-15-33)31(39)35-25-18-28(20-29(19-25)44-27-12-8-24(34)9-13-27)43-26-10-6-23(7-11-26)32(3,4)30(38)36-45(5,41)42/h6-13,18-20,22,40H,14-17,21H2,1-5H3,(H,35,39)(H,36,38). The van der Waals surface area contributed by atoms with Crippen molar-refractivity contribution in [1.29, 1.82) is 0 Å². The van der Waals surface area contributed by atoms with Crippen LogP contribution in [0.15, 0.2) is 66.7 Å². The number of halogens is 1. The van der Waals surface area contributed by atoms with Crippen molar-refractivity contribution in [3.05, 3.63) is 78.1 Å². The second-order valence-electron chi connectivity index (χ2n) is 12.4. The van der Waals surface area contributed by atoms with Gasteiger partial charge >= 0.3 is 6.03 Å². The summed E-state index contributed by atoms with van der Waals surface area (Å²) < 4.78 is 50.6. The minimum atomic E-state index is -3.72. The van der Waals surface area contributed by atoms with Crippen molar-refractivity contribution in [3.63, 3.8) is 0 Å². The summed E-state index contributed by atoms with van der Waals surface area (Å²) in [6.45, 7) is 8.18. The SMILES string of the molecule is CC(C)CC1(O)CCN(C(=O)Nc2cc(Oc3ccc(F)cc3)cc(Oc3ccc(C(C)(C)C(=O)NS(C)(=O)=O)cc3)c2)CC1. The Bertz CT molecular complexity index is 1620. The van der Waals surface area contributed by atoms with Crippen molar-refractivity contribution in [2.45, 2.75) is 58.0 Å². The maximum atomic E-state index is 13.5. The van der Waals surface area contributed by atoms with Crippen LogP contribution >= 0.6 is 0 Å². The fourth-order valence-electron chi connectivity index (χ4n) is 5.20. The average molecular weight is 642 g/mol. The first-order chi connectivity index (χ1) is 21.0. The predicted molar refractivity (Wildman–Crippen MR) is 170 cm³/mol. The number of aliphatic hydroxyl groups is 1. The summed E-state index contributed by atoms with van der Waals surface area (Å²) in [6.07, 6.45) is 2.58. The number of anilines is 1. The Balaban J connectivity index is 1.53. The molecule has 0 bridgehead atoms. The van der Waals surface area contributed by atoms with Gasteiger partial charge in [0.1, 0.15) is 28.8 Å². The van der Waals surface area contributed by atoms with Crippen LogP contribution in [0.3, 0.4) is 0 Å². The van der Waals surface area contributed by atoms with Crippen LogP contribution < -0.4 is 19.5 Å². The van der Waals surface area contributed by atoms with Crippen molar-refractivity contribution in [2.75, 3.05) is 24.7 Å². The molecule has 0 saturated carbocycles. The Labute approximate surface area is 263 Å². The van der Waals surface area contributed by atoms with Gasteiger partial charge in [0.2, 0.25) is 15.9 Å². The van der Waals surface area contributed by atoms with Crippen molar-refractivity contribution >= 4 is 27.6 Å². The molecule has 0 atom stereocenters. The molecule has 4 rings (SSSR count). The number of amides is 3. The number of nitrogens with zero attached hydrogens (tertiary/aromatic N) is 1. The van der Waals surface area contributed by atoms with Crippen molar-refractivity contribution < 1.29 is 37.0 Å². The lowest BCUT2D eigenvalue weighted by Gasteiger charge is -2.39. The smallest absolute Gasteiger partial charge is 0.321 e. The topological polar surface area (TPSA) is 134 Å². The molecular formula is C33H40FN3O7S. The van der Waals surface area contributed by atoms with Crippen molar-refractivity contribution in [1.82, 2.24) is 9.62 Å². The van der Waals surface area contributed by atoms with Crippen molar-refractivity contribution in [2.24, 2.45) is 5.92 Å². The molecule has 1 aliphatic rings. The lowest BCUT2D eigenvalue weighted by molar-refractivity contribution is -0.123. The lowest BCUT2D eigenvalue weighted by atomic mass is 9.84. The highest BCUT2D eigenvalue weighted by atomic mass is 32.2. The van der Waals surface area contributed by atoms with E-state index in [1.54, 1.807) is 61.2 Å². The van der Waals surface area contributed by atoms with E-state index in [1.165, 1.54) is 24.3 Å². The van der Waals surface area contributed by atoms with Crippen LogP contribution in [-0.2, 0) is 20.2 Å². The molecule has 1 fully saturated rings. The molecule has 1 aliphatic heterocycles. The van der Waals surface area contributed by atoms with Crippen LogP contribution in [0.1, 0.15) is 52.5 Å². The minimum Gasteiger partial charge on any atom is -0.457 e. The van der Waals surface area contributed by atoms with E-state index in [2.05, 4.69) is 19.2 Å². The number of piperidine rings is 1. The summed E-state index contributed by atoms with van der Waals surface area (Å²) in [5.41, 5.74) is -0.954. The maximum Gasteiger partial charge on any atom is 0.321 e. The fraction of sp³-hybridized carbons (Fsp3) is 0.394. The first-order valence-electron chi connectivity index (χ1n) is 14.7. The Morgan fingerprint density at radius 1 is 0.933 bits per heavy atom. The van der Waals surface area contributed by atoms with Crippen LogP contribution in [0, 0.1) is 11.7 Å². The molecule has 3 amide bonds. The number of carbonyl (C=O) groups excluding carboxylic acids is 2. The number of hydrogen-bond donors (Lipinski definition) is 3. The van der Waals surface area contributed by atoms with Gasteiger partial charge in [0.05, 0.1) is 17.3 Å². The van der Waals surface area contributed by atoms with Gasteiger partial charge in [-0.1, -0.05) is 26.0 Å². The van der Waals surface area contributed by atoms with Gasteiger partial charge in [-0.05, 0) is 81.0 Å². The Morgan fingerprint density at radius 3 is 1.93 bits per heavy atom. The van der Waals surface area contributed by atoms with Gasteiger partial charge in [-0.3, -0.25) is 9.52 Å². The fourth-order valence-corrected chi connectivity index (χ4v) is 5.79. The third-order valence-electron chi connectivity index (χ3n) is 7.61. The van der Waals surface area contributed by atoms with Gasteiger partial charge < -0.3 is 24.8 Å². The molecule has 10 nitrogen and oxygen atoms in total. The van der Waals surface area contributed by atoms with E-state index in [-0.39, 0.29) is 6.03 Å². The quantitative estimate of drug-likeness (QED) is 0.241. The van der Waals surface area contributed by atoms with Crippen molar-refractivity contribution in [3.8, 4) is 23.0 Å². The highest BCUT2D eigenvalue weighted by molar-refractivity contribution is 7.89. The molecule has 242 valence electrons. The number of hydrogen-bond acceptors (Lipinski definition) is 7. The van der Waals surface area contributed by atoms with Crippen LogP contribution in [0.5, 0.6) is 23.0 Å². The molecule has 12 heteroatoms. The molecule has 3 aromatic carbocycles. The number of sulfonamides is 1. The molecule has 0 unspecified atom stereocenters. The van der Waals surface area contributed by atoms with E-state index in [1.807, 2.05) is 4.72 Å². The molecule has 1 heterocycles. The molecule has 1 saturated heterocycles. The molecule has 3 N–H and O–H groups in total. The highest BCUT2D eigenvalue weighted by Crippen LogP contribution is 2.35. The zero-order chi connectivity index (χ0) is 33.0. The Hall–Kier alpha value is -4.16. The number of urea groups is 1. The summed E-state index contributed by atoms with van der Waals surface area (Å²) in [4.78, 5) is 27.4. The monoisotopic (exact) mass is 641 g/mol. The van der Waals surface area contributed by atoms with E-state index in [9.17, 15) is 27.5 Å². The van der Waals surface area contributed by atoms with Gasteiger partial charge in [-0.15, -0.1) is 0 Å². The molecule has 0 radical (unpaired) electrons. The van der Waals surface area contributed by atoms with Crippen LogP contribution in [-0.4, -0.2) is 55.3 Å². The summed E-state index contributed by atoms with van der Waals surface area (Å²) in [6, 6.07) is 16.7. The molecule has 45 heavy (non-hydrogen) atoms. The minimum absolute atomic E-state index is 0.328. The van der Waals surface area contributed by atoms with Crippen LogP contribution in [0.4, 0.5) is 14.9 Å². The first-order valence-corrected chi connectivity index (χ1v) is 16.6. The molecule has 0 aromatic heterocycles. The number of benzene rings is 3. The van der Waals surface area contributed by atoms with Crippen LogP contribution in [0.2, 0.25) is 0 Å². The third-order valence-corrected chi connectivity index (χ3v) is 8.16. The average Bonchev–Trinajstić information content (AvgIpc) is 2.93. The molecule has 0 spiro atoms. The number of likely N-dealkylation sites (tertiary alicyclic amines) is 1. The third kappa shape index (κ3) is 9.41. The summed E-state index contributed by atoms with van der Waals surface area (Å²) >= 11 is 0. The predicted octanol–water partition coefficient (Wildman–Crippen LogP) is 6.17. The maximum absolute atomic E-state index is 13.5. The second-order valence-corrected chi connectivity index (χ2v) is 14.2. The summed E-state index contributed by atoms with van der Waals surface area (Å²) in [7, 11) is -3.72. The second kappa shape index (κ2) is 13.5. The van der Waals surface area contributed by atoms with Gasteiger partial charge in [0.25, 0.3) is 0 Å². The largest absolute Gasteiger partial charge is 0.457 e. The van der Waals surface area contributed by atoms with Gasteiger partial charge in [-0.2, -0.15) is 0 Å². The van der Waals surface area contributed by atoms with E-state index in [4.69, 9.17) is 9.47 Å².